The molecule has 0 heterocycles. The number of urea groups is 1. The van der Waals surface area contributed by atoms with Crippen molar-refractivity contribution in [3.05, 3.63) is 35.4 Å². The number of hydrogen-bond donors (Lipinski definition) is 2. The van der Waals surface area contributed by atoms with E-state index in [1.165, 1.54) is 11.1 Å². The van der Waals surface area contributed by atoms with E-state index in [1.807, 2.05) is 6.92 Å². The van der Waals surface area contributed by atoms with E-state index < -0.39 is 0 Å². The molecule has 2 N–H and O–H groups in total. The molecule has 0 saturated heterocycles. The Morgan fingerprint density at radius 3 is 2.43 bits per heavy atom. The molecule has 0 aliphatic heterocycles. The predicted octanol–water partition coefficient (Wildman–Crippen LogP) is 2.21. The summed E-state index contributed by atoms with van der Waals surface area (Å²) in [6, 6.07) is 8.44. The molecule has 4 heteroatoms. The quantitative estimate of drug-likeness (QED) is 0.844. The molecule has 2 rings (SSSR count). The van der Waals surface area contributed by atoms with Crippen LogP contribution in [0.2, 0.25) is 0 Å². The number of nitrogens with one attached hydrogen (secondary N) is 1. The van der Waals surface area contributed by atoms with Crippen LogP contribution < -0.4 is 5.32 Å². The third kappa shape index (κ3) is 3.97. The van der Waals surface area contributed by atoms with Gasteiger partial charge in [0, 0.05) is 19.6 Å². The zero-order valence-electron chi connectivity index (χ0n) is 13.1. The van der Waals surface area contributed by atoms with Crippen molar-refractivity contribution in [2.75, 3.05) is 26.2 Å². The highest BCUT2D eigenvalue weighted by Gasteiger charge is 2.33. The largest absolute Gasteiger partial charge is 0.395 e. The molecule has 0 saturated carbocycles. The Morgan fingerprint density at radius 1 is 1.29 bits per heavy atom. The summed E-state index contributed by atoms with van der Waals surface area (Å²) in [6.07, 6.45) is 2.92. The van der Waals surface area contributed by atoms with Crippen molar-refractivity contribution in [3.63, 3.8) is 0 Å². The second-order valence-corrected chi connectivity index (χ2v) is 6.30. The third-order valence-corrected chi connectivity index (χ3v) is 4.17. The fourth-order valence-corrected chi connectivity index (χ4v) is 3.12. The molecule has 0 radical (unpaired) electrons. The topological polar surface area (TPSA) is 52.6 Å². The van der Waals surface area contributed by atoms with Crippen LogP contribution in [0.25, 0.3) is 0 Å². The minimum Gasteiger partial charge on any atom is -0.395 e. The number of carbonyl (C=O) groups is 1. The summed E-state index contributed by atoms with van der Waals surface area (Å²) in [6.45, 7) is 6.03. The Balaban J connectivity index is 1.89. The molecule has 0 aromatic heterocycles. The SMILES string of the molecule is CCCN(CCO)C(=O)NCC1(C)Cc2ccccc2C1. The monoisotopic (exact) mass is 290 g/mol. The summed E-state index contributed by atoms with van der Waals surface area (Å²) in [4.78, 5) is 13.9. The van der Waals surface area contributed by atoms with Gasteiger partial charge in [-0.2, -0.15) is 0 Å². The maximum Gasteiger partial charge on any atom is 0.317 e. The Bertz CT molecular complexity index is 456. The van der Waals surface area contributed by atoms with Crippen LogP contribution in [0.5, 0.6) is 0 Å². The maximum absolute atomic E-state index is 12.2. The molecule has 0 unspecified atom stereocenters. The Labute approximate surface area is 127 Å². The van der Waals surface area contributed by atoms with Crippen molar-refractivity contribution in [1.29, 1.82) is 0 Å². The zero-order valence-corrected chi connectivity index (χ0v) is 13.1. The smallest absolute Gasteiger partial charge is 0.317 e. The summed E-state index contributed by atoms with van der Waals surface area (Å²) >= 11 is 0. The van der Waals surface area contributed by atoms with Crippen molar-refractivity contribution in [1.82, 2.24) is 10.2 Å². The molecule has 1 aromatic rings. The highest BCUT2D eigenvalue weighted by molar-refractivity contribution is 5.74. The lowest BCUT2D eigenvalue weighted by Crippen LogP contribution is -2.45. The molecular formula is C17H26N2O2. The molecule has 1 aliphatic rings. The summed E-state index contributed by atoms with van der Waals surface area (Å²) in [5.41, 5.74) is 2.89. The first-order chi connectivity index (χ1) is 10.1. The van der Waals surface area contributed by atoms with Crippen molar-refractivity contribution in [2.24, 2.45) is 5.41 Å². The van der Waals surface area contributed by atoms with Gasteiger partial charge in [0.25, 0.3) is 0 Å². The van der Waals surface area contributed by atoms with Gasteiger partial charge in [-0.1, -0.05) is 38.1 Å². The van der Waals surface area contributed by atoms with E-state index in [1.54, 1.807) is 4.90 Å². The molecule has 21 heavy (non-hydrogen) atoms. The first kappa shape index (κ1) is 15.8. The highest BCUT2D eigenvalue weighted by Crippen LogP contribution is 2.35. The molecule has 0 spiro atoms. The average molecular weight is 290 g/mol. The minimum absolute atomic E-state index is 0.0100. The van der Waals surface area contributed by atoms with Crippen LogP contribution in [0, 0.1) is 5.41 Å². The number of aliphatic hydroxyl groups excluding tert-OH is 1. The Morgan fingerprint density at radius 2 is 1.90 bits per heavy atom. The van der Waals surface area contributed by atoms with Crippen LogP contribution >= 0.6 is 0 Å². The van der Waals surface area contributed by atoms with E-state index in [0.717, 1.165) is 19.3 Å². The molecule has 1 aliphatic carbocycles. The van der Waals surface area contributed by atoms with E-state index in [9.17, 15) is 4.79 Å². The lowest BCUT2D eigenvalue weighted by Gasteiger charge is -2.27. The third-order valence-electron chi connectivity index (χ3n) is 4.17. The predicted molar refractivity (Wildman–Crippen MR) is 84.3 cm³/mol. The van der Waals surface area contributed by atoms with E-state index in [2.05, 4.69) is 36.5 Å². The zero-order chi connectivity index (χ0) is 15.3. The number of carbonyl (C=O) groups excluding carboxylic acids is 1. The second-order valence-electron chi connectivity index (χ2n) is 6.30. The summed E-state index contributed by atoms with van der Waals surface area (Å²) in [7, 11) is 0. The molecule has 4 nitrogen and oxygen atoms in total. The average Bonchev–Trinajstić information content (AvgIpc) is 2.81. The number of rotatable bonds is 6. The Kier molecular flexibility index (Phi) is 5.23. The minimum atomic E-state index is -0.0666. The van der Waals surface area contributed by atoms with Crippen molar-refractivity contribution >= 4 is 6.03 Å². The lowest BCUT2D eigenvalue weighted by atomic mass is 9.87. The van der Waals surface area contributed by atoms with Gasteiger partial charge in [-0.3, -0.25) is 0 Å². The van der Waals surface area contributed by atoms with Crippen LogP contribution in [0.15, 0.2) is 24.3 Å². The first-order valence-electron chi connectivity index (χ1n) is 7.78. The van der Waals surface area contributed by atoms with Gasteiger partial charge in [0.1, 0.15) is 0 Å². The van der Waals surface area contributed by atoms with Crippen LogP contribution in [-0.2, 0) is 12.8 Å². The summed E-state index contributed by atoms with van der Waals surface area (Å²) < 4.78 is 0. The molecule has 0 bridgehead atoms. The van der Waals surface area contributed by atoms with E-state index in [0.29, 0.717) is 19.6 Å². The van der Waals surface area contributed by atoms with E-state index in [4.69, 9.17) is 5.11 Å². The van der Waals surface area contributed by atoms with Gasteiger partial charge < -0.3 is 15.3 Å². The summed E-state index contributed by atoms with van der Waals surface area (Å²) in [5.74, 6) is 0. The van der Waals surface area contributed by atoms with Crippen LogP contribution in [-0.4, -0.2) is 42.3 Å². The normalized spacial score (nSPS) is 15.6. The van der Waals surface area contributed by atoms with Gasteiger partial charge in [0.05, 0.1) is 6.61 Å². The molecule has 116 valence electrons. The molecule has 1 aromatic carbocycles. The number of amides is 2. The summed E-state index contributed by atoms with van der Waals surface area (Å²) in [5, 5.41) is 12.1. The van der Waals surface area contributed by atoms with Gasteiger partial charge >= 0.3 is 6.03 Å². The number of hydrogen-bond acceptors (Lipinski definition) is 2. The number of nitrogens with zero attached hydrogens (tertiary/aromatic N) is 1. The number of fused-ring (bicyclic) bond motifs is 1. The van der Waals surface area contributed by atoms with Gasteiger partial charge in [-0.25, -0.2) is 4.79 Å². The first-order valence-corrected chi connectivity index (χ1v) is 7.78. The Hall–Kier alpha value is -1.55. The number of benzene rings is 1. The van der Waals surface area contributed by atoms with Crippen molar-refractivity contribution in [3.8, 4) is 0 Å². The van der Waals surface area contributed by atoms with Crippen molar-refractivity contribution < 1.29 is 9.90 Å². The molecule has 2 amide bonds. The lowest BCUT2D eigenvalue weighted by molar-refractivity contribution is 0.172. The maximum atomic E-state index is 12.2. The van der Waals surface area contributed by atoms with Gasteiger partial charge in [-0.05, 0) is 35.8 Å². The van der Waals surface area contributed by atoms with Gasteiger partial charge in [0.15, 0.2) is 0 Å². The van der Waals surface area contributed by atoms with Crippen LogP contribution in [0.1, 0.15) is 31.4 Å². The number of aliphatic hydroxyl groups is 1. The van der Waals surface area contributed by atoms with E-state index in [-0.39, 0.29) is 18.1 Å². The molecule has 0 atom stereocenters. The van der Waals surface area contributed by atoms with Gasteiger partial charge in [-0.15, -0.1) is 0 Å². The van der Waals surface area contributed by atoms with Crippen molar-refractivity contribution in [2.45, 2.75) is 33.1 Å². The second kappa shape index (κ2) is 6.94. The molecule has 0 fully saturated rings. The van der Waals surface area contributed by atoms with Crippen LogP contribution in [0.4, 0.5) is 4.79 Å². The fourth-order valence-electron chi connectivity index (χ4n) is 3.12. The van der Waals surface area contributed by atoms with E-state index >= 15 is 0 Å². The molecular weight excluding hydrogens is 264 g/mol. The van der Waals surface area contributed by atoms with Crippen LogP contribution in [0.3, 0.4) is 0 Å². The van der Waals surface area contributed by atoms with Gasteiger partial charge in [0.2, 0.25) is 0 Å². The highest BCUT2D eigenvalue weighted by atomic mass is 16.3. The fraction of sp³-hybridized carbons (Fsp3) is 0.588. The standard InChI is InChI=1S/C17H26N2O2/c1-3-8-19(9-10-20)16(21)18-13-17(2)11-14-6-4-5-7-15(14)12-17/h4-7,20H,3,8-13H2,1-2H3,(H,18,21).